The SMILES string of the molecule is CN=C(NCc1ccnc(C)n1)N(C)Cc1ccccc1Cl.I. The highest BCUT2D eigenvalue weighted by atomic mass is 127. The third-order valence-corrected chi connectivity index (χ3v) is 3.57. The highest BCUT2D eigenvalue weighted by molar-refractivity contribution is 14.0. The molecule has 2 rings (SSSR count). The molecule has 0 saturated heterocycles. The third-order valence-electron chi connectivity index (χ3n) is 3.20. The van der Waals surface area contributed by atoms with E-state index in [-0.39, 0.29) is 24.0 Å². The largest absolute Gasteiger partial charge is 0.351 e. The fraction of sp³-hybridized carbons (Fsp3) is 0.312. The third kappa shape index (κ3) is 5.95. The molecule has 0 aliphatic carbocycles. The number of nitrogens with one attached hydrogen (secondary N) is 1. The summed E-state index contributed by atoms with van der Waals surface area (Å²) in [7, 11) is 3.74. The van der Waals surface area contributed by atoms with Gasteiger partial charge in [0, 0.05) is 31.9 Å². The zero-order chi connectivity index (χ0) is 15.9. The van der Waals surface area contributed by atoms with Crippen LogP contribution in [0.2, 0.25) is 5.02 Å². The van der Waals surface area contributed by atoms with E-state index in [0.29, 0.717) is 13.1 Å². The predicted octanol–water partition coefficient (Wildman–Crippen LogP) is 3.26. The minimum Gasteiger partial charge on any atom is -0.351 e. The summed E-state index contributed by atoms with van der Waals surface area (Å²) >= 11 is 6.20. The Morgan fingerprint density at radius 3 is 2.70 bits per heavy atom. The van der Waals surface area contributed by atoms with E-state index in [0.717, 1.165) is 28.1 Å². The van der Waals surface area contributed by atoms with E-state index in [1.165, 1.54) is 0 Å². The summed E-state index contributed by atoms with van der Waals surface area (Å²) in [5.41, 5.74) is 1.99. The Kier molecular flexibility index (Phi) is 8.25. The van der Waals surface area contributed by atoms with Gasteiger partial charge in [0.05, 0.1) is 12.2 Å². The monoisotopic (exact) mass is 445 g/mol. The van der Waals surface area contributed by atoms with Crippen molar-refractivity contribution in [3.63, 3.8) is 0 Å². The number of hydrogen-bond acceptors (Lipinski definition) is 3. The molecule has 0 radical (unpaired) electrons. The second kappa shape index (κ2) is 9.67. The Morgan fingerprint density at radius 1 is 1.30 bits per heavy atom. The van der Waals surface area contributed by atoms with Gasteiger partial charge < -0.3 is 10.2 Å². The van der Waals surface area contributed by atoms with E-state index in [4.69, 9.17) is 11.6 Å². The van der Waals surface area contributed by atoms with E-state index in [1.54, 1.807) is 13.2 Å². The van der Waals surface area contributed by atoms with E-state index < -0.39 is 0 Å². The van der Waals surface area contributed by atoms with E-state index in [1.807, 2.05) is 49.2 Å². The molecule has 0 fully saturated rings. The van der Waals surface area contributed by atoms with Crippen LogP contribution in [0.15, 0.2) is 41.5 Å². The van der Waals surface area contributed by atoms with Gasteiger partial charge in [-0.05, 0) is 24.6 Å². The van der Waals surface area contributed by atoms with Gasteiger partial charge in [0.2, 0.25) is 0 Å². The number of benzene rings is 1. The van der Waals surface area contributed by atoms with Crippen LogP contribution in [0.3, 0.4) is 0 Å². The minimum atomic E-state index is 0. The van der Waals surface area contributed by atoms with Gasteiger partial charge in [0.1, 0.15) is 5.82 Å². The molecule has 0 saturated carbocycles. The lowest BCUT2D eigenvalue weighted by Crippen LogP contribution is -2.38. The van der Waals surface area contributed by atoms with Gasteiger partial charge in [-0.15, -0.1) is 24.0 Å². The van der Waals surface area contributed by atoms with Crippen LogP contribution in [-0.4, -0.2) is 34.9 Å². The summed E-state index contributed by atoms with van der Waals surface area (Å²) in [6.45, 7) is 3.16. The van der Waals surface area contributed by atoms with Crippen LogP contribution < -0.4 is 5.32 Å². The minimum absolute atomic E-state index is 0. The van der Waals surface area contributed by atoms with Crippen molar-refractivity contribution in [3.8, 4) is 0 Å². The zero-order valence-corrected chi connectivity index (χ0v) is 16.5. The van der Waals surface area contributed by atoms with Gasteiger partial charge in [-0.1, -0.05) is 29.8 Å². The highest BCUT2D eigenvalue weighted by Gasteiger charge is 2.09. The summed E-state index contributed by atoms with van der Waals surface area (Å²) in [4.78, 5) is 14.8. The van der Waals surface area contributed by atoms with Crippen molar-refractivity contribution < 1.29 is 0 Å². The van der Waals surface area contributed by atoms with Gasteiger partial charge >= 0.3 is 0 Å². The lowest BCUT2D eigenvalue weighted by atomic mass is 10.2. The first-order chi connectivity index (χ1) is 10.6. The number of nitrogens with zero attached hydrogens (tertiary/aromatic N) is 4. The molecule has 1 heterocycles. The normalized spacial score (nSPS) is 10.9. The maximum absolute atomic E-state index is 6.20. The quantitative estimate of drug-likeness (QED) is 0.446. The van der Waals surface area contributed by atoms with Crippen LogP contribution in [-0.2, 0) is 13.1 Å². The summed E-state index contributed by atoms with van der Waals surface area (Å²) in [6, 6.07) is 9.71. The molecule has 0 atom stereocenters. The van der Waals surface area contributed by atoms with Crippen molar-refractivity contribution in [3.05, 3.63) is 58.6 Å². The van der Waals surface area contributed by atoms with Crippen LogP contribution >= 0.6 is 35.6 Å². The van der Waals surface area contributed by atoms with Crippen molar-refractivity contribution >= 4 is 41.5 Å². The average Bonchev–Trinajstić information content (AvgIpc) is 2.50. The number of halogens is 2. The molecule has 2 aromatic rings. The summed E-state index contributed by atoms with van der Waals surface area (Å²) in [5, 5.41) is 4.06. The van der Waals surface area contributed by atoms with Crippen LogP contribution in [0, 0.1) is 6.92 Å². The Morgan fingerprint density at radius 2 is 2.04 bits per heavy atom. The van der Waals surface area contributed by atoms with Crippen molar-refractivity contribution in [2.75, 3.05) is 14.1 Å². The topological polar surface area (TPSA) is 53.4 Å². The maximum Gasteiger partial charge on any atom is 0.194 e. The number of hydrogen-bond donors (Lipinski definition) is 1. The zero-order valence-electron chi connectivity index (χ0n) is 13.5. The highest BCUT2D eigenvalue weighted by Crippen LogP contribution is 2.16. The summed E-state index contributed by atoms with van der Waals surface area (Å²) < 4.78 is 0. The average molecular weight is 446 g/mol. The van der Waals surface area contributed by atoms with Gasteiger partial charge in [0.25, 0.3) is 0 Å². The Balaban J connectivity index is 0.00000264. The molecule has 23 heavy (non-hydrogen) atoms. The first kappa shape index (κ1) is 19.6. The van der Waals surface area contributed by atoms with Crippen LogP contribution in [0.5, 0.6) is 0 Å². The van der Waals surface area contributed by atoms with E-state index in [9.17, 15) is 0 Å². The number of aromatic nitrogens is 2. The molecule has 0 amide bonds. The molecule has 1 aromatic carbocycles. The first-order valence-electron chi connectivity index (χ1n) is 7.04. The van der Waals surface area contributed by atoms with Crippen molar-refractivity contribution in [2.45, 2.75) is 20.0 Å². The van der Waals surface area contributed by atoms with Crippen molar-refractivity contribution in [2.24, 2.45) is 4.99 Å². The van der Waals surface area contributed by atoms with Crippen molar-refractivity contribution in [1.82, 2.24) is 20.2 Å². The Bertz CT molecular complexity index is 662. The van der Waals surface area contributed by atoms with Crippen LogP contribution in [0.4, 0.5) is 0 Å². The molecule has 1 N–H and O–H groups in total. The van der Waals surface area contributed by atoms with Crippen LogP contribution in [0.25, 0.3) is 0 Å². The van der Waals surface area contributed by atoms with Crippen LogP contribution in [0.1, 0.15) is 17.1 Å². The number of guanidine groups is 1. The molecule has 0 aliphatic rings. The molecule has 0 bridgehead atoms. The van der Waals surface area contributed by atoms with Gasteiger partial charge in [-0.25, -0.2) is 9.97 Å². The number of rotatable bonds is 4. The summed E-state index contributed by atoms with van der Waals surface area (Å²) in [6.07, 6.45) is 1.76. The number of aliphatic imine (C=N–C) groups is 1. The van der Waals surface area contributed by atoms with Gasteiger partial charge in [-0.2, -0.15) is 0 Å². The molecular formula is C16H21ClIN5. The Labute approximate surface area is 159 Å². The lowest BCUT2D eigenvalue weighted by Gasteiger charge is -2.22. The number of aryl methyl sites for hydroxylation is 1. The maximum atomic E-state index is 6.20. The molecule has 124 valence electrons. The molecule has 0 aliphatic heterocycles. The van der Waals surface area contributed by atoms with E-state index in [2.05, 4.69) is 20.3 Å². The van der Waals surface area contributed by atoms with E-state index >= 15 is 0 Å². The first-order valence-corrected chi connectivity index (χ1v) is 7.41. The molecule has 1 aromatic heterocycles. The summed E-state index contributed by atoms with van der Waals surface area (Å²) in [5.74, 6) is 1.55. The Hall–Kier alpha value is -1.41. The molecule has 0 spiro atoms. The fourth-order valence-electron chi connectivity index (χ4n) is 2.11. The van der Waals surface area contributed by atoms with Gasteiger partial charge in [0.15, 0.2) is 5.96 Å². The molecule has 5 nitrogen and oxygen atoms in total. The molecular weight excluding hydrogens is 425 g/mol. The second-order valence-electron chi connectivity index (χ2n) is 4.94. The second-order valence-corrected chi connectivity index (χ2v) is 5.35. The van der Waals surface area contributed by atoms with Gasteiger partial charge in [-0.3, -0.25) is 4.99 Å². The smallest absolute Gasteiger partial charge is 0.194 e. The standard InChI is InChI=1S/C16H20ClN5.HI/c1-12-19-9-8-14(21-12)10-20-16(18-2)22(3)11-13-6-4-5-7-15(13)17;/h4-9H,10-11H2,1-3H3,(H,18,20);1H. The fourth-order valence-corrected chi connectivity index (χ4v) is 2.31. The molecule has 7 heteroatoms. The molecule has 0 unspecified atom stereocenters. The van der Waals surface area contributed by atoms with Crippen molar-refractivity contribution in [1.29, 1.82) is 0 Å². The predicted molar refractivity (Wildman–Crippen MR) is 105 cm³/mol. The lowest BCUT2D eigenvalue weighted by molar-refractivity contribution is 0.476.